The molecule has 5 heteroatoms. The molecule has 3 unspecified atom stereocenters. The Morgan fingerprint density at radius 2 is 2.07 bits per heavy atom. The van der Waals surface area contributed by atoms with E-state index in [9.17, 15) is 4.79 Å². The van der Waals surface area contributed by atoms with Crippen molar-refractivity contribution in [3.05, 3.63) is 12.7 Å². The zero-order chi connectivity index (χ0) is 11.3. The van der Waals surface area contributed by atoms with Gasteiger partial charge in [0, 0.05) is 12.6 Å². The molecular formula is C9H19N3O2. The van der Waals surface area contributed by atoms with Crippen LogP contribution in [0.2, 0.25) is 0 Å². The van der Waals surface area contributed by atoms with E-state index in [1.165, 1.54) is 0 Å². The van der Waals surface area contributed by atoms with Crippen molar-refractivity contribution in [3.63, 3.8) is 0 Å². The molecule has 0 bridgehead atoms. The third-order valence-electron chi connectivity index (χ3n) is 1.97. The van der Waals surface area contributed by atoms with E-state index in [0.717, 1.165) is 0 Å². The van der Waals surface area contributed by atoms with E-state index in [1.54, 1.807) is 24.8 Å². The molecule has 0 aliphatic heterocycles. The Labute approximate surface area is 84.4 Å². The molecule has 3 atom stereocenters. The molecule has 0 aliphatic rings. The first kappa shape index (κ1) is 13.1. The smallest absolute Gasteiger partial charge is 0.322 e. The topological polar surface area (TPSA) is 92.6 Å². The second kappa shape index (κ2) is 5.74. The summed E-state index contributed by atoms with van der Waals surface area (Å²) in [5, 5.41) is 8.98. The normalized spacial score (nSPS) is 17.5. The van der Waals surface area contributed by atoms with Gasteiger partial charge < -0.3 is 16.6 Å². The van der Waals surface area contributed by atoms with E-state index < -0.39 is 18.1 Å². The maximum absolute atomic E-state index is 11.0. The molecule has 0 aromatic carbocycles. The number of carboxylic acid groups (broad SMARTS) is 1. The molecular weight excluding hydrogens is 182 g/mol. The van der Waals surface area contributed by atoms with Crippen LogP contribution in [0.1, 0.15) is 13.8 Å². The summed E-state index contributed by atoms with van der Waals surface area (Å²) in [6.07, 6.45) is 1.25. The highest BCUT2D eigenvalue weighted by atomic mass is 16.4. The van der Waals surface area contributed by atoms with E-state index in [1.807, 2.05) is 0 Å². The predicted molar refractivity (Wildman–Crippen MR) is 55.6 cm³/mol. The quantitative estimate of drug-likeness (QED) is 0.401. The van der Waals surface area contributed by atoms with Gasteiger partial charge in [0.1, 0.15) is 6.04 Å². The Balaban J connectivity index is 4.72. The third kappa shape index (κ3) is 3.45. The number of nitrogens with two attached hydrogens (primary N) is 2. The first-order valence-corrected chi connectivity index (χ1v) is 4.52. The Bertz CT molecular complexity index is 204. The molecule has 0 heterocycles. The molecule has 82 valence electrons. The molecule has 5 N–H and O–H groups in total. The van der Waals surface area contributed by atoms with Crippen LogP contribution >= 0.6 is 0 Å². The van der Waals surface area contributed by atoms with E-state index in [0.29, 0.717) is 6.54 Å². The molecule has 0 amide bonds. The van der Waals surface area contributed by atoms with Crippen molar-refractivity contribution in [1.29, 1.82) is 0 Å². The minimum Gasteiger partial charge on any atom is -0.480 e. The van der Waals surface area contributed by atoms with Crippen molar-refractivity contribution in [1.82, 2.24) is 4.90 Å². The number of hydrogen-bond acceptors (Lipinski definition) is 4. The molecule has 0 rings (SSSR count). The van der Waals surface area contributed by atoms with Gasteiger partial charge in [-0.25, -0.2) is 0 Å². The number of rotatable bonds is 6. The third-order valence-corrected chi connectivity index (χ3v) is 1.97. The highest BCUT2D eigenvalue weighted by molar-refractivity contribution is 5.74. The summed E-state index contributed by atoms with van der Waals surface area (Å²) in [6, 6.07) is -1.24. The van der Waals surface area contributed by atoms with Crippen LogP contribution in [0.15, 0.2) is 12.7 Å². The number of aliphatic carboxylic acids is 1. The number of nitrogens with zero attached hydrogens (tertiary/aromatic N) is 1. The van der Waals surface area contributed by atoms with Gasteiger partial charge in [0.05, 0.1) is 6.17 Å². The van der Waals surface area contributed by atoms with Crippen LogP contribution < -0.4 is 11.5 Å². The van der Waals surface area contributed by atoms with Crippen LogP contribution in [-0.2, 0) is 4.79 Å². The Hall–Kier alpha value is -0.910. The molecule has 14 heavy (non-hydrogen) atoms. The van der Waals surface area contributed by atoms with Crippen LogP contribution in [0.4, 0.5) is 0 Å². The SMILES string of the molecule is C=CCN(C(C)N)C(C(=O)O)C(C)N. The maximum atomic E-state index is 11.0. The monoisotopic (exact) mass is 201 g/mol. The second-order valence-electron chi connectivity index (χ2n) is 3.37. The fourth-order valence-corrected chi connectivity index (χ4v) is 1.35. The standard InChI is InChI=1S/C9H19N3O2/c1-4-5-12(7(3)11)8(6(2)10)9(13)14/h4,6-8H,1,5,10-11H2,2-3H3,(H,13,14). The summed E-state index contributed by atoms with van der Waals surface area (Å²) in [5.74, 6) is -0.959. The van der Waals surface area contributed by atoms with Gasteiger partial charge in [-0.2, -0.15) is 0 Å². The van der Waals surface area contributed by atoms with Gasteiger partial charge in [-0.3, -0.25) is 9.69 Å². The van der Waals surface area contributed by atoms with E-state index >= 15 is 0 Å². The highest BCUT2D eigenvalue weighted by Gasteiger charge is 2.30. The molecule has 0 radical (unpaired) electrons. The van der Waals surface area contributed by atoms with Gasteiger partial charge in [-0.15, -0.1) is 6.58 Å². The van der Waals surface area contributed by atoms with Gasteiger partial charge in [0.25, 0.3) is 0 Å². The zero-order valence-corrected chi connectivity index (χ0v) is 8.68. The van der Waals surface area contributed by atoms with Gasteiger partial charge in [0.2, 0.25) is 0 Å². The average Bonchev–Trinajstić information content (AvgIpc) is 2.01. The van der Waals surface area contributed by atoms with Crippen molar-refractivity contribution in [2.75, 3.05) is 6.54 Å². The Morgan fingerprint density at radius 3 is 2.29 bits per heavy atom. The van der Waals surface area contributed by atoms with Crippen molar-refractivity contribution in [2.24, 2.45) is 11.5 Å². The summed E-state index contributed by atoms with van der Waals surface area (Å²) in [5.41, 5.74) is 11.3. The molecule has 0 saturated heterocycles. The first-order chi connectivity index (χ1) is 6.41. The lowest BCUT2D eigenvalue weighted by atomic mass is 10.1. The summed E-state index contributed by atoms with van der Waals surface area (Å²) >= 11 is 0. The fourth-order valence-electron chi connectivity index (χ4n) is 1.35. The fraction of sp³-hybridized carbons (Fsp3) is 0.667. The van der Waals surface area contributed by atoms with Crippen molar-refractivity contribution < 1.29 is 9.90 Å². The van der Waals surface area contributed by atoms with Gasteiger partial charge in [-0.1, -0.05) is 6.08 Å². The molecule has 0 aliphatic carbocycles. The van der Waals surface area contributed by atoms with Crippen LogP contribution in [0.5, 0.6) is 0 Å². The average molecular weight is 201 g/mol. The van der Waals surface area contributed by atoms with Crippen LogP contribution in [0.25, 0.3) is 0 Å². The molecule has 0 aromatic rings. The van der Waals surface area contributed by atoms with Gasteiger partial charge in [0.15, 0.2) is 0 Å². The maximum Gasteiger partial charge on any atom is 0.322 e. The summed E-state index contributed by atoms with van der Waals surface area (Å²) < 4.78 is 0. The lowest BCUT2D eigenvalue weighted by Crippen LogP contribution is -2.56. The number of carbonyl (C=O) groups is 1. The summed E-state index contributed by atoms with van der Waals surface area (Å²) in [7, 11) is 0. The van der Waals surface area contributed by atoms with Crippen molar-refractivity contribution >= 4 is 5.97 Å². The molecule has 0 saturated carbocycles. The van der Waals surface area contributed by atoms with Crippen LogP contribution in [-0.4, -0.2) is 40.8 Å². The lowest BCUT2D eigenvalue weighted by molar-refractivity contribution is -0.144. The van der Waals surface area contributed by atoms with Crippen LogP contribution in [0.3, 0.4) is 0 Å². The number of carboxylic acids is 1. The molecule has 5 nitrogen and oxygen atoms in total. The van der Waals surface area contributed by atoms with E-state index in [4.69, 9.17) is 16.6 Å². The molecule has 0 aromatic heterocycles. The molecule has 0 spiro atoms. The Morgan fingerprint density at radius 1 is 1.57 bits per heavy atom. The van der Waals surface area contributed by atoms with Gasteiger partial charge in [-0.05, 0) is 13.8 Å². The second-order valence-corrected chi connectivity index (χ2v) is 3.37. The predicted octanol–water partition coefficient (Wildman–Crippen LogP) is -0.420. The van der Waals surface area contributed by atoms with Crippen molar-refractivity contribution in [2.45, 2.75) is 32.1 Å². The summed E-state index contributed by atoms with van der Waals surface area (Å²) in [4.78, 5) is 12.5. The largest absolute Gasteiger partial charge is 0.480 e. The molecule has 0 fully saturated rings. The zero-order valence-electron chi connectivity index (χ0n) is 8.68. The summed E-state index contributed by atoms with van der Waals surface area (Å²) in [6.45, 7) is 7.34. The number of hydrogen-bond donors (Lipinski definition) is 3. The Kier molecular flexibility index (Phi) is 5.37. The van der Waals surface area contributed by atoms with Crippen molar-refractivity contribution in [3.8, 4) is 0 Å². The van der Waals surface area contributed by atoms with Gasteiger partial charge >= 0.3 is 5.97 Å². The highest BCUT2D eigenvalue weighted by Crippen LogP contribution is 2.06. The van der Waals surface area contributed by atoms with E-state index in [-0.39, 0.29) is 6.17 Å². The minimum atomic E-state index is -0.959. The van der Waals surface area contributed by atoms with E-state index in [2.05, 4.69) is 6.58 Å². The minimum absolute atomic E-state index is 0.361. The lowest BCUT2D eigenvalue weighted by Gasteiger charge is -2.33. The van der Waals surface area contributed by atoms with Crippen LogP contribution in [0, 0.1) is 0 Å². The first-order valence-electron chi connectivity index (χ1n) is 4.52.